The average molecular weight is 282 g/mol. The van der Waals surface area contributed by atoms with Gasteiger partial charge in [-0.05, 0) is 37.1 Å². The van der Waals surface area contributed by atoms with Crippen molar-refractivity contribution in [3.8, 4) is 0 Å². The van der Waals surface area contributed by atoms with E-state index in [4.69, 9.17) is 0 Å². The minimum Gasteiger partial charge on any atom is -0.347 e. The molecule has 2 aromatic rings. The molecule has 0 aliphatic carbocycles. The second-order valence-corrected chi connectivity index (χ2v) is 4.79. The first-order valence-corrected chi connectivity index (χ1v) is 6.65. The number of hydrogen-bond acceptors (Lipinski definition) is 4. The summed E-state index contributed by atoms with van der Waals surface area (Å²) in [6.45, 7) is 8.03. The molecule has 5 heteroatoms. The van der Waals surface area contributed by atoms with E-state index in [1.165, 1.54) is 6.33 Å². The summed E-state index contributed by atoms with van der Waals surface area (Å²) in [5.41, 5.74) is 3.58. The largest absolute Gasteiger partial charge is 0.347 e. The maximum absolute atomic E-state index is 11.8. The molecule has 1 amide bonds. The highest BCUT2D eigenvalue weighted by Gasteiger charge is 2.07. The molecule has 1 aromatic carbocycles. The molecule has 0 aliphatic heterocycles. The molecule has 2 N–H and O–H groups in total. The summed E-state index contributed by atoms with van der Waals surface area (Å²) in [6.07, 6.45) is 2.99. The molecule has 1 aromatic heterocycles. The van der Waals surface area contributed by atoms with Crippen molar-refractivity contribution in [2.75, 3.05) is 11.9 Å². The Morgan fingerprint density at radius 1 is 1.19 bits per heavy atom. The van der Waals surface area contributed by atoms with Crippen molar-refractivity contribution < 1.29 is 4.79 Å². The van der Waals surface area contributed by atoms with Crippen LogP contribution in [-0.2, 0) is 0 Å². The van der Waals surface area contributed by atoms with Crippen LogP contribution >= 0.6 is 0 Å². The van der Waals surface area contributed by atoms with Crippen molar-refractivity contribution in [2.24, 2.45) is 0 Å². The lowest BCUT2D eigenvalue weighted by atomic mass is 10.1. The number of carbonyl (C=O) groups is 1. The van der Waals surface area contributed by atoms with Gasteiger partial charge in [-0.1, -0.05) is 12.1 Å². The lowest BCUT2D eigenvalue weighted by molar-refractivity contribution is 0.0953. The molecule has 1 heterocycles. The fraction of sp³-hybridized carbons (Fsp3) is 0.188. The number of nitrogens with zero attached hydrogens (tertiary/aromatic N) is 2. The van der Waals surface area contributed by atoms with Gasteiger partial charge in [0.2, 0.25) is 0 Å². The number of nitrogens with one attached hydrogen (secondary N) is 2. The second kappa shape index (κ2) is 6.65. The minimum absolute atomic E-state index is 0.249. The smallest absolute Gasteiger partial charge is 0.270 e. The predicted octanol–water partition coefficient (Wildman–Crippen LogP) is 2.75. The molecule has 0 atom stereocenters. The Labute approximate surface area is 124 Å². The van der Waals surface area contributed by atoms with Crippen LogP contribution in [0.15, 0.2) is 43.2 Å². The van der Waals surface area contributed by atoms with Gasteiger partial charge in [-0.15, -0.1) is 6.58 Å². The normalized spacial score (nSPS) is 10.0. The van der Waals surface area contributed by atoms with Crippen LogP contribution in [0.25, 0.3) is 0 Å². The molecule has 21 heavy (non-hydrogen) atoms. The summed E-state index contributed by atoms with van der Waals surface area (Å²) in [5, 5.41) is 5.87. The molecule has 0 aliphatic rings. The zero-order valence-electron chi connectivity index (χ0n) is 12.2. The van der Waals surface area contributed by atoms with Crippen LogP contribution in [0.5, 0.6) is 0 Å². The monoisotopic (exact) mass is 282 g/mol. The van der Waals surface area contributed by atoms with Crippen molar-refractivity contribution in [3.63, 3.8) is 0 Å². The number of amides is 1. The van der Waals surface area contributed by atoms with Crippen LogP contribution in [0.1, 0.15) is 21.6 Å². The molecule has 0 saturated carbocycles. The fourth-order valence-corrected chi connectivity index (χ4v) is 2.00. The SMILES string of the molecule is C=CCNC(=O)c1cc(Nc2cc(C)cc(C)c2)ncn1. The summed E-state index contributed by atoms with van der Waals surface area (Å²) in [7, 11) is 0. The van der Waals surface area contributed by atoms with E-state index in [9.17, 15) is 4.79 Å². The van der Waals surface area contributed by atoms with Gasteiger partial charge in [0.1, 0.15) is 17.8 Å². The summed E-state index contributed by atoms with van der Waals surface area (Å²) in [4.78, 5) is 19.9. The van der Waals surface area contributed by atoms with E-state index < -0.39 is 0 Å². The van der Waals surface area contributed by atoms with Crippen LogP contribution in [0.3, 0.4) is 0 Å². The molecule has 108 valence electrons. The van der Waals surface area contributed by atoms with Crippen molar-refractivity contribution in [1.29, 1.82) is 0 Å². The Kier molecular flexibility index (Phi) is 4.66. The van der Waals surface area contributed by atoms with Crippen molar-refractivity contribution in [1.82, 2.24) is 15.3 Å². The van der Waals surface area contributed by atoms with Crippen LogP contribution in [0.4, 0.5) is 11.5 Å². The lowest BCUT2D eigenvalue weighted by Crippen LogP contribution is -2.24. The summed E-state index contributed by atoms with van der Waals surface area (Å²) in [5.74, 6) is 0.333. The topological polar surface area (TPSA) is 66.9 Å². The van der Waals surface area contributed by atoms with E-state index in [0.717, 1.165) is 16.8 Å². The quantitative estimate of drug-likeness (QED) is 0.827. The third kappa shape index (κ3) is 4.14. The third-order valence-electron chi connectivity index (χ3n) is 2.80. The van der Waals surface area contributed by atoms with Gasteiger partial charge in [-0.2, -0.15) is 0 Å². The first kappa shape index (κ1) is 14.7. The highest BCUT2D eigenvalue weighted by atomic mass is 16.1. The molecular weight excluding hydrogens is 264 g/mol. The Morgan fingerprint density at radius 2 is 1.90 bits per heavy atom. The molecular formula is C16H18N4O. The average Bonchev–Trinajstić information content (AvgIpc) is 2.44. The third-order valence-corrected chi connectivity index (χ3v) is 2.80. The Bertz CT molecular complexity index is 647. The van der Waals surface area contributed by atoms with Gasteiger partial charge in [0.25, 0.3) is 5.91 Å². The van der Waals surface area contributed by atoms with Crippen molar-refractivity contribution in [2.45, 2.75) is 13.8 Å². The molecule has 0 radical (unpaired) electrons. The maximum atomic E-state index is 11.8. The highest BCUT2D eigenvalue weighted by Crippen LogP contribution is 2.18. The van der Waals surface area contributed by atoms with Gasteiger partial charge in [0.15, 0.2) is 0 Å². The highest BCUT2D eigenvalue weighted by molar-refractivity contribution is 5.93. The van der Waals surface area contributed by atoms with Crippen molar-refractivity contribution in [3.05, 3.63) is 60.1 Å². The first-order chi connectivity index (χ1) is 10.1. The van der Waals surface area contributed by atoms with E-state index in [1.54, 1.807) is 12.1 Å². The number of benzene rings is 1. The van der Waals surface area contributed by atoms with E-state index in [2.05, 4.69) is 33.2 Å². The van der Waals surface area contributed by atoms with E-state index in [1.807, 2.05) is 26.0 Å². The minimum atomic E-state index is -0.249. The van der Waals surface area contributed by atoms with Gasteiger partial charge in [0, 0.05) is 18.3 Å². The Balaban J connectivity index is 2.17. The number of anilines is 2. The zero-order valence-corrected chi connectivity index (χ0v) is 12.2. The number of hydrogen-bond donors (Lipinski definition) is 2. The van der Waals surface area contributed by atoms with Gasteiger partial charge in [0.05, 0.1) is 0 Å². The van der Waals surface area contributed by atoms with Gasteiger partial charge < -0.3 is 10.6 Å². The van der Waals surface area contributed by atoms with Crippen LogP contribution < -0.4 is 10.6 Å². The van der Waals surface area contributed by atoms with Gasteiger partial charge in [-0.25, -0.2) is 9.97 Å². The number of rotatable bonds is 5. The molecule has 0 bridgehead atoms. The van der Waals surface area contributed by atoms with Gasteiger partial charge >= 0.3 is 0 Å². The maximum Gasteiger partial charge on any atom is 0.270 e. The number of aryl methyl sites for hydroxylation is 2. The lowest BCUT2D eigenvalue weighted by Gasteiger charge is -2.09. The summed E-state index contributed by atoms with van der Waals surface area (Å²) >= 11 is 0. The second-order valence-electron chi connectivity index (χ2n) is 4.79. The standard InChI is InChI=1S/C16H18N4O/c1-4-5-17-16(21)14-9-15(19-10-18-14)20-13-7-11(2)6-12(3)8-13/h4,6-10H,1,5H2,2-3H3,(H,17,21)(H,18,19,20). The van der Waals surface area contributed by atoms with E-state index in [-0.39, 0.29) is 5.91 Å². The van der Waals surface area contributed by atoms with Gasteiger partial charge in [-0.3, -0.25) is 4.79 Å². The first-order valence-electron chi connectivity index (χ1n) is 6.65. The molecule has 0 fully saturated rings. The summed E-state index contributed by atoms with van der Waals surface area (Å²) < 4.78 is 0. The van der Waals surface area contributed by atoms with Crippen molar-refractivity contribution >= 4 is 17.4 Å². The predicted molar refractivity (Wildman–Crippen MR) is 83.8 cm³/mol. The Hall–Kier alpha value is -2.69. The van der Waals surface area contributed by atoms with Crippen LogP contribution in [0, 0.1) is 13.8 Å². The molecule has 0 spiro atoms. The molecule has 2 rings (SSSR count). The summed E-state index contributed by atoms with van der Waals surface area (Å²) in [6, 6.07) is 7.76. The Morgan fingerprint density at radius 3 is 2.57 bits per heavy atom. The zero-order chi connectivity index (χ0) is 15.2. The van der Waals surface area contributed by atoms with E-state index in [0.29, 0.717) is 18.1 Å². The number of carbonyl (C=O) groups excluding carboxylic acids is 1. The molecule has 0 unspecified atom stereocenters. The van der Waals surface area contributed by atoms with Crippen LogP contribution in [0.2, 0.25) is 0 Å². The molecule has 0 saturated heterocycles. The number of aromatic nitrogens is 2. The fourth-order valence-electron chi connectivity index (χ4n) is 2.00. The van der Waals surface area contributed by atoms with E-state index >= 15 is 0 Å². The molecule has 5 nitrogen and oxygen atoms in total. The van der Waals surface area contributed by atoms with Crippen LogP contribution in [-0.4, -0.2) is 22.4 Å².